The largest absolute Gasteiger partial charge is 0.490 e. The summed E-state index contributed by atoms with van der Waals surface area (Å²) >= 11 is 5.98. The highest BCUT2D eigenvalue weighted by Crippen LogP contribution is 2.29. The SMILES string of the molecule is CCOc1ccc(CC(=O)N[C@H]2CCN(c3cc(-c4ccc(Cl)cc4)[nH]n3)C2)cc1OCC. The van der Waals surface area contributed by atoms with E-state index in [1.165, 1.54) is 0 Å². The van der Waals surface area contributed by atoms with Crippen LogP contribution in [0.5, 0.6) is 11.5 Å². The molecule has 2 aromatic carbocycles. The first-order chi connectivity index (χ1) is 16.1. The lowest BCUT2D eigenvalue weighted by atomic mass is 10.1. The van der Waals surface area contributed by atoms with E-state index in [0.717, 1.165) is 42.1 Å². The molecule has 7 nitrogen and oxygen atoms in total. The summed E-state index contributed by atoms with van der Waals surface area (Å²) in [4.78, 5) is 14.9. The molecule has 0 aliphatic carbocycles. The number of anilines is 1. The van der Waals surface area contributed by atoms with Gasteiger partial charge in [-0.25, -0.2) is 0 Å². The Labute approximate surface area is 199 Å². The van der Waals surface area contributed by atoms with Gasteiger partial charge in [0.05, 0.1) is 25.3 Å². The van der Waals surface area contributed by atoms with Crippen LogP contribution in [0.1, 0.15) is 25.8 Å². The Morgan fingerprint density at radius 1 is 1.12 bits per heavy atom. The number of nitrogens with one attached hydrogen (secondary N) is 2. The topological polar surface area (TPSA) is 79.5 Å². The number of amides is 1. The van der Waals surface area contributed by atoms with Crippen LogP contribution in [0.4, 0.5) is 5.82 Å². The van der Waals surface area contributed by atoms with E-state index in [1.807, 2.05) is 62.4 Å². The van der Waals surface area contributed by atoms with E-state index in [-0.39, 0.29) is 11.9 Å². The number of nitrogens with zero attached hydrogens (tertiary/aromatic N) is 2. The Morgan fingerprint density at radius 2 is 1.88 bits per heavy atom. The normalized spacial score (nSPS) is 15.5. The highest BCUT2D eigenvalue weighted by molar-refractivity contribution is 6.30. The fourth-order valence-corrected chi connectivity index (χ4v) is 4.13. The number of rotatable bonds is 9. The fourth-order valence-electron chi connectivity index (χ4n) is 4.01. The summed E-state index contributed by atoms with van der Waals surface area (Å²) in [5.41, 5.74) is 2.87. The van der Waals surface area contributed by atoms with Crippen LogP contribution in [0, 0.1) is 0 Å². The number of aromatic amines is 1. The third-order valence-corrected chi connectivity index (χ3v) is 5.82. The first kappa shape index (κ1) is 23.0. The summed E-state index contributed by atoms with van der Waals surface area (Å²) in [5.74, 6) is 2.25. The zero-order valence-corrected chi connectivity index (χ0v) is 19.7. The van der Waals surface area contributed by atoms with Crippen LogP contribution in [0.3, 0.4) is 0 Å². The number of halogens is 1. The monoisotopic (exact) mass is 468 g/mol. The van der Waals surface area contributed by atoms with E-state index in [1.54, 1.807) is 0 Å². The molecule has 0 saturated carbocycles. The van der Waals surface area contributed by atoms with E-state index in [0.29, 0.717) is 36.2 Å². The number of H-pyrrole nitrogens is 1. The summed E-state index contributed by atoms with van der Waals surface area (Å²) in [6, 6.07) is 15.4. The van der Waals surface area contributed by atoms with Crippen molar-refractivity contribution in [2.75, 3.05) is 31.2 Å². The molecule has 0 spiro atoms. The average Bonchev–Trinajstić information content (AvgIpc) is 3.46. The minimum atomic E-state index is -0.00246. The molecule has 1 aliphatic heterocycles. The minimum Gasteiger partial charge on any atom is -0.490 e. The van der Waals surface area contributed by atoms with E-state index in [2.05, 4.69) is 20.4 Å². The number of hydrogen-bond acceptors (Lipinski definition) is 5. The van der Waals surface area contributed by atoms with E-state index in [9.17, 15) is 4.79 Å². The highest BCUT2D eigenvalue weighted by Gasteiger charge is 2.26. The van der Waals surface area contributed by atoms with Crippen molar-refractivity contribution in [1.82, 2.24) is 15.5 Å². The Balaban J connectivity index is 1.32. The maximum Gasteiger partial charge on any atom is 0.224 e. The lowest BCUT2D eigenvalue weighted by molar-refractivity contribution is -0.121. The molecule has 174 valence electrons. The van der Waals surface area contributed by atoms with Crippen molar-refractivity contribution in [2.45, 2.75) is 32.7 Å². The van der Waals surface area contributed by atoms with Crippen LogP contribution in [0.2, 0.25) is 5.02 Å². The molecule has 1 saturated heterocycles. The zero-order chi connectivity index (χ0) is 23.2. The molecule has 2 heterocycles. The third kappa shape index (κ3) is 5.79. The van der Waals surface area contributed by atoms with Crippen molar-refractivity contribution in [2.24, 2.45) is 0 Å². The number of aromatic nitrogens is 2. The minimum absolute atomic E-state index is 0.00246. The molecule has 0 bridgehead atoms. The maximum absolute atomic E-state index is 12.7. The number of hydrogen-bond donors (Lipinski definition) is 2. The van der Waals surface area contributed by atoms with Crippen molar-refractivity contribution in [1.29, 1.82) is 0 Å². The molecule has 3 aromatic rings. The fraction of sp³-hybridized carbons (Fsp3) is 0.360. The molecule has 1 aliphatic rings. The first-order valence-electron chi connectivity index (χ1n) is 11.3. The van der Waals surface area contributed by atoms with Gasteiger partial charge in [-0.1, -0.05) is 29.8 Å². The van der Waals surface area contributed by atoms with Gasteiger partial charge in [-0.2, -0.15) is 5.10 Å². The van der Waals surface area contributed by atoms with E-state index in [4.69, 9.17) is 21.1 Å². The standard InChI is InChI=1S/C25H29ClN4O3/c1-3-32-22-10-5-17(13-23(22)33-4-2)14-25(31)27-20-11-12-30(16-20)24-15-21(28-29-24)18-6-8-19(26)9-7-18/h5-10,13,15,20H,3-4,11-12,14,16H2,1-2H3,(H,27,31)(H,28,29)/t20-/m0/s1. The van der Waals surface area contributed by atoms with Gasteiger partial charge in [0.1, 0.15) is 0 Å². The van der Waals surface area contributed by atoms with Crippen LogP contribution in [-0.4, -0.2) is 48.4 Å². The van der Waals surface area contributed by atoms with Gasteiger partial charge in [0.25, 0.3) is 0 Å². The van der Waals surface area contributed by atoms with Crippen LogP contribution < -0.4 is 19.7 Å². The third-order valence-electron chi connectivity index (χ3n) is 5.57. The second-order valence-electron chi connectivity index (χ2n) is 7.97. The van der Waals surface area contributed by atoms with Gasteiger partial charge in [-0.15, -0.1) is 0 Å². The van der Waals surface area contributed by atoms with Crippen molar-refractivity contribution < 1.29 is 14.3 Å². The molecule has 1 aromatic heterocycles. The van der Waals surface area contributed by atoms with Crippen molar-refractivity contribution in [3.8, 4) is 22.8 Å². The molecule has 0 radical (unpaired) electrons. The van der Waals surface area contributed by atoms with Crippen LogP contribution in [0.25, 0.3) is 11.3 Å². The number of carbonyl (C=O) groups excluding carboxylic acids is 1. The summed E-state index contributed by atoms with van der Waals surface area (Å²) < 4.78 is 11.3. The predicted molar refractivity (Wildman–Crippen MR) is 130 cm³/mol. The summed E-state index contributed by atoms with van der Waals surface area (Å²) in [6.45, 7) is 6.54. The quantitative estimate of drug-likeness (QED) is 0.484. The molecule has 4 rings (SSSR count). The Kier molecular flexibility index (Phi) is 7.40. The Bertz CT molecular complexity index is 1080. The number of ether oxygens (including phenoxy) is 2. The van der Waals surface area contributed by atoms with Crippen molar-refractivity contribution >= 4 is 23.3 Å². The van der Waals surface area contributed by atoms with Gasteiger partial charge in [0, 0.05) is 30.2 Å². The molecule has 1 amide bonds. The van der Waals surface area contributed by atoms with Gasteiger partial charge in [0.2, 0.25) is 5.91 Å². The molecule has 2 N–H and O–H groups in total. The van der Waals surface area contributed by atoms with Crippen LogP contribution >= 0.6 is 11.6 Å². The highest BCUT2D eigenvalue weighted by atomic mass is 35.5. The summed E-state index contributed by atoms with van der Waals surface area (Å²) in [5, 5.41) is 11.4. The van der Waals surface area contributed by atoms with Gasteiger partial charge < -0.3 is 19.7 Å². The zero-order valence-electron chi connectivity index (χ0n) is 18.9. The van der Waals surface area contributed by atoms with Crippen LogP contribution in [-0.2, 0) is 11.2 Å². The van der Waals surface area contributed by atoms with Crippen molar-refractivity contribution in [3.05, 3.63) is 59.1 Å². The molecule has 8 heteroatoms. The van der Waals surface area contributed by atoms with Crippen molar-refractivity contribution in [3.63, 3.8) is 0 Å². The molecular weight excluding hydrogens is 440 g/mol. The Morgan fingerprint density at radius 3 is 2.64 bits per heavy atom. The molecular formula is C25H29ClN4O3. The lowest BCUT2D eigenvalue weighted by Gasteiger charge is -2.16. The second-order valence-corrected chi connectivity index (χ2v) is 8.41. The van der Waals surface area contributed by atoms with Gasteiger partial charge >= 0.3 is 0 Å². The molecule has 0 unspecified atom stereocenters. The smallest absolute Gasteiger partial charge is 0.224 e. The Hall–Kier alpha value is -3.19. The molecule has 33 heavy (non-hydrogen) atoms. The van der Waals surface area contributed by atoms with E-state index >= 15 is 0 Å². The first-order valence-corrected chi connectivity index (χ1v) is 11.7. The predicted octanol–water partition coefficient (Wildman–Crippen LogP) is 4.47. The lowest BCUT2D eigenvalue weighted by Crippen LogP contribution is -2.38. The van der Waals surface area contributed by atoms with Gasteiger partial charge in [-0.3, -0.25) is 9.89 Å². The van der Waals surface area contributed by atoms with E-state index < -0.39 is 0 Å². The summed E-state index contributed by atoms with van der Waals surface area (Å²) in [7, 11) is 0. The number of benzene rings is 2. The van der Waals surface area contributed by atoms with Crippen LogP contribution in [0.15, 0.2) is 48.5 Å². The second kappa shape index (κ2) is 10.6. The summed E-state index contributed by atoms with van der Waals surface area (Å²) in [6.07, 6.45) is 1.18. The van der Waals surface area contributed by atoms with Gasteiger partial charge in [0.15, 0.2) is 17.3 Å². The average molecular weight is 469 g/mol. The molecule has 1 atom stereocenters. The van der Waals surface area contributed by atoms with Gasteiger partial charge in [-0.05, 0) is 55.7 Å². The maximum atomic E-state index is 12.7. The molecule has 1 fully saturated rings. The number of carbonyl (C=O) groups is 1.